The summed E-state index contributed by atoms with van der Waals surface area (Å²) in [6.07, 6.45) is 0. The molecular weight excluding hydrogens is 243 g/mol. The van der Waals surface area contributed by atoms with E-state index in [2.05, 4.69) is 0 Å². The van der Waals surface area contributed by atoms with Crippen LogP contribution in [0.2, 0.25) is 0 Å². The molecule has 0 aliphatic carbocycles. The SMILES string of the molecule is COc1ccccc1C(C)(O)c1cc(C)cc(F)c1. The van der Waals surface area contributed by atoms with Gasteiger partial charge < -0.3 is 9.84 Å². The van der Waals surface area contributed by atoms with E-state index < -0.39 is 5.60 Å². The van der Waals surface area contributed by atoms with Gasteiger partial charge in [0, 0.05) is 5.56 Å². The number of hydrogen-bond donors (Lipinski definition) is 1. The zero-order chi connectivity index (χ0) is 14.0. The number of para-hydroxylation sites is 1. The van der Waals surface area contributed by atoms with Gasteiger partial charge in [0.05, 0.1) is 7.11 Å². The van der Waals surface area contributed by atoms with Crippen molar-refractivity contribution in [1.29, 1.82) is 0 Å². The lowest BCUT2D eigenvalue weighted by molar-refractivity contribution is 0.0985. The van der Waals surface area contributed by atoms with Gasteiger partial charge >= 0.3 is 0 Å². The first-order valence-electron chi connectivity index (χ1n) is 6.08. The summed E-state index contributed by atoms with van der Waals surface area (Å²) in [5.74, 6) is 0.222. The van der Waals surface area contributed by atoms with Crippen LogP contribution >= 0.6 is 0 Å². The van der Waals surface area contributed by atoms with Crippen molar-refractivity contribution >= 4 is 0 Å². The monoisotopic (exact) mass is 260 g/mol. The van der Waals surface area contributed by atoms with Crippen LogP contribution in [0.4, 0.5) is 4.39 Å². The molecule has 2 aromatic rings. The van der Waals surface area contributed by atoms with E-state index in [9.17, 15) is 9.50 Å². The van der Waals surface area contributed by atoms with Gasteiger partial charge in [0.2, 0.25) is 0 Å². The number of aryl methyl sites for hydroxylation is 1. The second-order valence-corrected chi connectivity index (χ2v) is 4.79. The van der Waals surface area contributed by atoms with Crippen molar-refractivity contribution in [2.24, 2.45) is 0 Å². The molecule has 1 unspecified atom stereocenters. The average molecular weight is 260 g/mol. The quantitative estimate of drug-likeness (QED) is 0.916. The minimum absolute atomic E-state index is 0.356. The Hall–Kier alpha value is -1.87. The molecule has 2 aromatic carbocycles. The minimum atomic E-state index is -1.31. The number of rotatable bonds is 3. The molecule has 2 rings (SSSR count). The third kappa shape index (κ3) is 2.61. The molecule has 0 aliphatic rings. The maximum Gasteiger partial charge on any atom is 0.125 e. The fraction of sp³-hybridized carbons (Fsp3) is 0.250. The highest BCUT2D eigenvalue weighted by atomic mass is 19.1. The zero-order valence-electron chi connectivity index (χ0n) is 11.3. The molecule has 0 heterocycles. The van der Waals surface area contributed by atoms with E-state index in [4.69, 9.17) is 4.74 Å². The van der Waals surface area contributed by atoms with Gasteiger partial charge in [-0.25, -0.2) is 4.39 Å². The number of benzene rings is 2. The van der Waals surface area contributed by atoms with E-state index in [1.165, 1.54) is 12.1 Å². The van der Waals surface area contributed by atoms with E-state index in [-0.39, 0.29) is 5.82 Å². The topological polar surface area (TPSA) is 29.5 Å². The summed E-state index contributed by atoms with van der Waals surface area (Å²) < 4.78 is 18.8. The Bertz CT molecular complexity index is 571. The third-order valence-corrected chi connectivity index (χ3v) is 3.24. The lowest BCUT2D eigenvalue weighted by Crippen LogP contribution is -2.24. The maximum absolute atomic E-state index is 13.5. The molecule has 0 saturated heterocycles. The molecular formula is C16H17FO2. The number of aliphatic hydroxyl groups is 1. The maximum atomic E-state index is 13.5. The molecule has 0 aliphatic heterocycles. The second-order valence-electron chi connectivity index (χ2n) is 4.79. The standard InChI is InChI=1S/C16H17FO2/c1-11-8-12(10-13(17)9-11)16(2,18)14-6-4-5-7-15(14)19-3/h4-10,18H,1-3H3. The van der Waals surface area contributed by atoms with Crippen molar-refractivity contribution in [3.8, 4) is 5.75 Å². The number of methoxy groups -OCH3 is 1. The molecule has 3 heteroatoms. The smallest absolute Gasteiger partial charge is 0.125 e. The Morgan fingerprint density at radius 1 is 1.16 bits per heavy atom. The van der Waals surface area contributed by atoms with Gasteiger partial charge in [0.25, 0.3) is 0 Å². The van der Waals surface area contributed by atoms with E-state index in [1.807, 2.05) is 12.1 Å². The Balaban J connectivity index is 2.57. The predicted octanol–water partition coefficient (Wildman–Crippen LogP) is 3.40. The van der Waals surface area contributed by atoms with Crippen molar-refractivity contribution in [2.75, 3.05) is 7.11 Å². The molecule has 1 atom stereocenters. The summed E-state index contributed by atoms with van der Waals surface area (Å²) in [7, 11) is 1.55. The predicted molar refractivity (Wildman–Crippen MR) is 72.8 cm³/mol. The van der Waals surface area contributed by atoms with E-state index in [0.29, 0.717) is 16.9 Å². The third-order valence-electron chi connectivity index (χ3n) is 3.24. The molecule has 0 aromatic heterocycles. The summed E-state index contributed by atoms with van der Waals surface area (Å²) in [4.78, 5) is 0. The van der Waals surface area contributed by atoms with Gasteiger partial charge in [-0.1, -0.05) is 24.3 Å². The summed E-state index contributed by atoms with van der Waals surface area (Å²) in [5, 5.41) is 10.8. The Kier molecular flexibility index (Phi) is 3.58. The fourth-order valence-electron chi connectivity index (χ4n) is 2.22. The highest BCUT2D eigenvalue weighted by Gasteiger charge is 2.29. The van der Waals surface area contributed by atoms with Crippen molar-refractivity contribution in [3.63, 3.8) is 0 Å². The average Bonchev–Trinajstić information content (AvgIpc) is 2.37. The van der Waals surface area contributed by atoms with Crippen LogP contribution in [0.5, 0.6) is 5.75 Å². The lowest BCUT2D eigenvalue weighted by atomic mass is 9.87. The molecule has 0 amide bonds. The molecule has 100 valence electrons. The molecule has 0 radical (unpaired) electrons. The highest BCUT2D eigenvalue weighted by molar-refractivity contribution is 5.44. The van der Waals surface area contributed by atoms with Gasteiger partial charge in [-0.3, -0.25) is 0 Å². The first-order chi connectivity index (χ1) is 8.95. The minimum Gasteiger partial charge on any atom is -0.496 e. The van der Waals surface area contributed by atoms with Crippen molar-refractivity contribution in [2.45, 2.75) is 19.4 Å². The van der Waals surface area contributed by atoms with Crippen molar-refractivity contribution in [1.82, 2.24) is 0 Å². The second kappa shape index (κ2) is 5.02. The molecule has 0 bridgehead atoms. The van der Waals surface area contributed by atoms with Crippen molar-refractivity contribution < 1.29 is 14.2 Å². The van der Waals surface area contributed by atoms with E-state index in [1.54, 1.807) is 39.2 Å². The first kappa shape index (κ1) is 13.6. The van der Waals surface area contributed by atoms with Crippen molar-refractivity contribution in [3.05, 3.63) is 65.0 Å². The largest absolute Gasteiger partial charge is 0.496 e. The van der Waals surface area contributed by atoms with Gasteiger partial charge in [-0.15, -0.1) is 0 Å². The highest BCUT2D eigenvalue weighted by Crippen LogP contribution is 2.35. The molecule has 19 heavy (non-hydrogen) atoms. The molecule has 2 nitrogen and oxygen atoms in total. The van der Waals surface area contributed by atoms with Gasteiger partial charge in [-0.05, 0) is 43.2 Å². The molecule has 0 saturated carbocycles. The number of hydrogen-bond acceptors (Lipinski definition) is 2. The van der Waals surface area contributed by atoms with Gasteiger partial charge in [0.15, 0.2) is 0 Å². The molecule has 0 spiro atoms. The summed E-state index contributed by atoms with van der Waals surface area (Å²) in [6, 6.07) is 11.7. The Morgan fingerprint density at radius 3 is 2.47 bits per heavy atom. The van der Waals surface area contributed by atoms with Crippen LogP contribution in [-0.4, -0.2) is 12.2 Å². The van der Waals surface area contributed by atoms with Crippen LogP contribution in [-0.2, 0) is 5.60 Å². The van der Waals surface area contributed by atoms with E-state index in [0.717, 1.165) is 5.56 Å². The zero-order valence-corrected chi connectivity index (χ0v) is 11.3. The number of halogens is 1. The van der Waals surface area contributed by atoms with Crippen LogP contribution in [0.3, 0.4) is 0 Å². The lowest BCUT2D eigenvalue weighted by Gasteiger charge is -2.26. The fourth-order valence-corrected chi connectivity index (χ4v) is 2.22. The normalized spacial score (nSPS) is 13.9. The van der Waals surface area contributed by atoms with Gasteiger partial charge in [-0.2, -0.15) is 0 Å². The Labute approximate surface area is 112 Å². The van der Waals surface area contributed by atoms with Crippen LogP contribution < -0.4 is 4.74 Å². The summed E-state index contributed by atoms with van der Waals surface area (Å²) in [5.41, 5.74) is 0.585. The molecule has 1 N–H and O–H groups in total. The Morgan fingerprint density at radius 2 is 1.84 bits per heavy atom. The van der Waals surface area contributed by atoms with Crippen LogP contribution in [0, 0.1) is 12.7 Å². The summed E-state index contributed by atoms with van der Waals surface area (Å²) in [6.45, 7) is 3.43. The van der Waals surface area contributed by atoms with E-state index >= 15 is 0 Å². The van der Waals surface area contributed by atoms with Gasteiger partial charge in [0.1, 0.15) is 17.2 Å². The van der Waals surface area contributed by atoms with Crippen LogP contribution in [0.1, 0.15) is 23.6 Å². The van der Waals surface area contributed by atoms with Crippen LogP contribution in [0.15, 0.2) is 42.5 Å². The first-order valence-corrected chi connectivity index (χ1v) is 6.08. The van der Waals surface area contributed by atoms with Crippen LogP contribution in [0.25, 0.3) is 0 Å². The number of ether oxygens (including phenoxy) is 1. The molecule has 0 fully saturated rings. The summed E-state index contributed by atoms with van der Waals surface area (Å²) >= 11 is 0.